The van der Waals surface area contributed by atoms with Gasteiger partial charge in [0.25, 0.3) is 0 Å². The van der Waals surface area contributed by atoms with Crippen molar-refractivity contribution in [3.05, 3.63) is 46.3 Å². The smallest absolute Gasteiger partial charge is 0.344 e. The molecule has 4 nitrogen and oxygen atoms in total. The van der Waals surface area contributed by atoms with Crippen LogP contribution in [0, 0.1) is 11.6 Å². The number of halogens is 3. The fraction of sp³-hybridized carbons (Fsp3) is 0.350. The maximum atomic E-state index is 14.8. The summed E-state index contributed by atoms with van der Waals surface area (Å²) in [6, 6.07) is 4.26. The standard InChI is InChI=1S/C20H17F3O4/c1-20(23)4-2-11(3-5-20)26-12-8-13-17(15(22)9-12)18-14(21)6-10(24)7-16(18)27-19(13)25/h6-9,11,24H,2-5H2,1H3. The second-order valence-corrected chi connectivity index (χ2v) is 7.25. The summed E-state index contributed by atoms with van der Waals surface area (Å²) in [5, 5.41) is 8.85. The fourth-order valence-electron chi connectivity index (χ4n) is 3.61. The van der Waals surface area contributed by atoms with Crippen molar-refractivity contribution in [2.24, 2.45) is 0 Å². The van der Waals surface area contributed by atoms with Crippen molar-refractivity contribution < 1.29 is 27.4 Å². The van der Waals surface area contributed by atoms with Crippen LogP contribution < -0.4 is 10.4 Å². The van der Waals surface area contributed by atoms with E-state index in [1.54, 1.807) is 6.92 Å². The van der Waals surface area contributed by atoms with Crippen molar-refractivity contribution >= 4 is 21.7 Å². The molecular formula is C20H17F3O4. The summed E-state index contributed by atoms with van der Waals surface area (Å²) in [5.74, 6) is -2.06. The number of alkyl halides is 1. The summed E-state index contributed by atoms with van der Waals surface area (Å²) in [5.41, 5.74) is -2.34. The predicted octanol–water partition coefficient (Wildman–Crippen LogP) is 4.98. The molecule has 2 aromatic carbocycles. The van der Waals surface area contributed by atoms with Crippen molar-refractivity contribution in [1.29, 1.82) is 0 Å². The number of phenolic OH excluding ortho intramolecular Hbond substituents is 1. The summed E-state index contributed by atoms with van der Waals surface area (Å²) in [4.78, 5) is 12.3. The lowest BCUT2D eigenvalue weighted by Crippen LogP contribution is -2.31. The monoisotopic (exact) mass is 378 g/mol. The van der Waals surface area contributed by atoms with Crippen molar-refractivity contribution in [3.63, 3.8) is 0 Å². The van der Waals surface area contributed by atoms with Gasteiger partial charge in [0, 0.05) is 23.6 Å². The molecule has 7 heteroatoms. The topological polar surface area (TPSA) is 59.7 Å². The van der Waals surface area contributed by atoms with Gasteiger partial charge in [-0.2, -0.15) is 0 Å². The first-order valence-corrected chi connectivity index (χ1v) is 8.68. The molecular weight excluding hydrogens is 361 g/mol. The van der Waals surface area contributed by atoms with Gasteiger partial charge < -0.3 is 14.3 Å². The van der Waals surface area contributed by atoms with E-state index in [0.29, 0.717) is 25.7 Å². The van der Waals surface area contributed by atoms with E-state index < -0.39 is 28.7 Å². The van der Waals surface area contributed by atoms with E-state index in [1.165, 1.54) is 6.07 Å². The minimum Gasteiger partial charge on any atom is -0.508 e. The van der Waals surface area contributed by atoms with Crippen molar-refractivity contribution in [1.82, 2.24) is 0 Å². The molecule has 0 aliphatic heterocycles. The van der Waals surface area contributed by atoms with Crippen molar-refractivity contribution in [2.45, 2.75) is 44.4 Å². The second-order valence-electron chi connectivity index (χ2n) is 7.25. The van der Waals surface area contributed by atoms with Crippen LogP contribution in [-0.4, -0.2) is 16.9 Å². The second kappa shape index (κ2) is 6.18. The first-order valence-electron chi connectivity index (χ1n) is 8.68. The maximum absolute atomic E-state index is 14.8. The Labute approximate surface area is 152 Å². The summed E-state index contributed by atoms with van der Waals surface area (Å²) < 4.78 is 53.7. The molecule has 0 radical (unpaired) electrons. The van der Waals surface area contributed by atoms with Crippen LogP contribution in [0.1, 0.15) is 32.6 Å². The molecule has 142 valence electrons. The predicted molar refractivity (Wildman–Crippen MR) is 94.0 cm³/mol. The van der Waals surface area contributed by atoms with Crippen LogP contribution in [0.25, 0.3) is 21.7 Å². The summed E-state index contributed by atoms with van der Waals surface area (Å²) >= 11 is 0. The Morgan fingerprint density at radius 1 is 1.11 bits per heavy atom. The Kier molecular flexibility index (Phi) is 4.05. The van der Waals surface area contributed by atoms with Gasteiger partial charge in [0.05, 0.1) is 16.9 Å². The third kappa shape index (κ3) is 3.22. The van der Waals surface area contributed by atoms with Gasteiger partial charge in [0.15, 0.2) is 0 Å². The van der Waals surface area contributed by atoms with Crippen LogP contribution in [0.15, 0.2) is 33.5 Å². The van der Waals surface area contributed by atoms with E-state index in [-0.39, 0.29) is 33.6 Å². The van der Waals surface area contributed by atoms with Crippen LogP contribution in [0.2, 0.25) is 0 Å². The summed E-state index contributed by atoms with van der Waals surface area (Å²) in [6.07, 6.45) is 1.36. The van der Waals surface area contributed by atoms with E-state index in [1.807, 2.05) is 0 Å². The molecule has 1 aromatic heterocycles. The normalized spacial score (nSPS) is 23.0. The highest BCUT2D eigenvalue weighted by molar-refractivity contribution is 6.05. The van der Waals surface area contributed by atoms with Gasteiger partial charge in [0.1, 0.15) is 34.4 Å². The van der Waals surface area contributed by atoms with Gasteiger partial charge >= 0.3 is 5.63 Å². The first kappa shape index (κ1) is 17.7. The molecule has 1 N–H and O–H groups in total. The zero-order valence-electron chi connectivity index (χ0n) is 14.5. The molecule has 4 rings (SSSR count). The van der Waals surface area contributed by atoms with Gasteiger partial charge in [0.2, 0.25) is 0 Å². The average Bonchev–Trinajstić information content (AvgIpc) is 2.57. The van der Waals surface area contributed by atoms with E-state index in [2.05, 4.69) is 0 Å². The maximum Gasteiger partial charge on any atom is 0.344 e. The van der Waals surface area contributed by atoms with Gasteiger partial charge in [-0.3, -0.25) is 0 Å². The minimum atomic E-state index is -1.22. The van der Waals surface area contributed by atoms with Gasteiger partial charge in [-0.15, -0.1) is 0 Å². The number of fused-ring (bicyclic) bond motifs is 3. The number of hydrogen-bond acceptors (Lipinski definition) is 4. The third-order valence-electron chi connectivity index (χ3n) is 5.05. The van der Waals surface area contributed by atoms with Crippen LogP contribution >= 0.6 is 0 Å². The lowest BCUT2D eigenvalue weighted by Gasteiger charge is -2.31. The number of rotatable bonds is 2. The molecule has 1 saturated carbocycles. The molecule has 0 spiro atoms. The molecule has 1 aliphatic rings. The fourth-order valence-corrected chi connectivity index (χ4v) is 3.61. The molecule has 0 atom stereocenters. The quantitative estimate of drug-likeness (QED) is 0.505. The summed E-state index contributed by atoms with van der Waals surface area (Å²) in [7, 11) is 0. The van der Waals surface area contributed by atoms with E-state index >= 15 is 0 Å². The number of hydrogen-bond donors (Lipinski definition) is 1. The van der Waals surface area contributed by atoms with Crippen LogP contribution in [0.5, 0.6) is 11.5 Å². The lowest BCUT2D eigenvalue weighted by atomic mass is 9.86. The molecule has 0 saturated heterocycles. The minimum absolute atomic E-state index is 0.110. The number of aromatic hydroxyl groups is 1. The number of ether oxygens (including phenoxy) is 1. The van der Waals surface area contributed by atoms with Crippen LogP contribution in [-0.2, 0) is 0 Å². The third-order valence-corrected chi connectivity index (χ3v) is 5.05. The molecule has 3 aromatic rings. The molecule has 0 bridgehead atoms. The summed E-state index contributed by atoms with van der Waals surface area (Å²) in [6.45, 7) is 1.54. The zero-order chi connectivity index (χ0) is 19.3. The van der Waals surface area contributed by atoms with Gasteiger partial charge in [-0.25, -0.2) is 18.0 Å². The number of phenols is 1. The van der Waals surface area contributed by atoms with Gasteiger partial charge in [-0.1, -0.05) is 0 Å². The lowest BCUT2D eigenvalue weighted by molar-refractivity contribution is 0.0578. The molecule has 0 unspecified atom stereocenters. The van der Waals surface area contributed by atoms with E-state index in [9.17, 15) is 23.1 Å². The number of benzene rings is 2. The highest BCUT2D eigenvalue weighted by Gasteiger charge is 2.31. The van der Waals surface area contributed by atoms with Crippen LogP contribution in [0.3, 0.4) is 0 Å². The molecule has 1 fully saturated rings. The Bertz CT molecular complexity index is 1090. The van der Waals surface area contributed by atoms with Crippen molar-refractivity contribution in [3.8, 4) is 11.5 Å². The van der Waals surface area contributed by atoms with Crippen LogP contribution in [0.4, 0.5) is 13.2 Å². The molecule has 0 amide bonds. The Balaban J connectivity index is 1.79. The largest absolute Gasteiger partial charge is 0.508 e. The highest BCUT2D eigenvalue weighted by Crippen LogP contribution is 2.36. The zero-order valence-corrected chi connectivity index (χ0v) is 14.5. The van der Waals surface area contributed by atoms with Crippen molar-refractivity contribution in [2.75, 3.05) is 0 Å². The Morgan fingerprint density at radius 3 is 2.48 bits per heavy atom. The molecule has 1 heterocycles. The SMILES string of the molecule is CC1(F)CCC(Oc2cc(F)c3c(c2)c(=O)oc2cc(O)cc(F)c23)CC1. The van der Waals surface area contributed by atoms with E-state index in [4.69, 9.17) is 9.15 Å². The first-order chi connectivity index (χ1) is 12.7. The Morgan fingerprint density at radius 2 is 1.78 bits per heavy atom. The average molecular weight is 378 g/mol. The molecule has 27 heavy (non-hydrogen) atoms. The van der Waals surface area contributed by atoms with Gasteiger partial charge in [-0.05, 0) is 38.7 Å². The molecule has 1 aliphatic carbocycles. The van der Waals surface area contributed by atoms with E-state index in [0.717, 1.165) is 18.2 Å². The Hall–Kier alpha value is -2.70. The highest BCUT2D eigenvalue weighted by atomic mass is 19.1.